The van der Waals surface area contributed by atoms with Crippen LogP contribution in [0, 0.1) is 0 Å². The Morgan fingerprint density at radius 1 is 1.23 bits per heavy atom. The van der Waals surface area contributed by atoms with E-state index in [1.807, 2.05) is 30.3 Å². The Balaban J connectivity index is 2.19. The molecule has 7 heteroatoms. The van der Waals surface area contributed by atoms with E-state index in [4.69, 9.17) is 4.74 Å². The van der Waals surface area contributed by atoms with Crippen LogP contribution in [0.25, 0.3) is 0 Å². The van der Waals surface area contributed by atoms with E-state index in [2.05, 4.69) is 5.32 Å². The van der Waals surface area contributed by atoms with Gasteiger partial charge in [0.1, 0.15) is 0 Å². The van der Waals surface area contributed by atoms with E-state index in [1.54, 1.807) is 11.8 Å². The number of carbonyl (C=O) groups is 3. The van der Waals surface area contributed by atoms with Crippen molar-refractivity contribution in [3.8, 4) is 0 Å². The lowest BCUT2D eigenvalue weighted by molar-refractivity contribution is -0.151. The number of benzene rings is 1. The molecular formula is C15H20N2O4S. The minimum absolute atomic E-state index is 0.0588. The van der Waals surface area contributed by atoms with Gasteiger partial charge in [-0.25, -0.2) is 0 Å². The third kappa shape index (κ3) is 7.12. The lowest BCUT2D eigenvalue weighted by atomic mass is 10.4. The Bertz CT molecular complexity index is 508. The highest BCUT2D eigenvalue weighted by molar-refractivity contribution is 7.99. The van der Waals surface area contributed by atoms with Gasteiger partial charge in [0.15, 0.2) is 6.61 Å². The van der Waals surface area contributed by atoms with Crippen molar-refractivity contribution in [2.45, 2.75) is 11.3 Å². The molecule has 2 amide bonds. The Morgan fingerprint density at radius 3 is 2.55 bits per heavy atom. The first-order valence-corrected chi connectivity index (χ1v) is 7.79. The molecule has 6 nitrogen and oxygen atoms in total. The van der Waals surface area contributed by atoms with E-state index >= 15 is 0 Å². The summed E-state index contributed by atoms with van der Waals surface area (Å²) in [6, 6.07) is 9.73. The lowest BCUT2D eigenvalue weighted by Gasteiger charge is -2.15. The first kappa shape index (κ1) is 18.0. The zero-order valence-electron chi connectivity index (χ0n) is 12.7. The number of hydrogen-bond donors (Lipinski definition) is 1. The average Bonchev–Trinajstić information content (AvgIpc) is 2.53. The number of carbonyl (C=O) groups excluding carboxylic acids is 3. The van der Waals surface area contributed by atoms with Crippen molar-refractivity contribution in [2.75, 3.05) is 33.0 Å². The number of likely N-dealkylation sites (N-methyl/N-ethyl adjacent to an activating group) is 2. The zero-order valence-corrected chi connectivity index (χ0v) is 13.5. The van der Waals surface area contributed by atoms with Crippen LogP contribution in [0.1, 0.15) is 6.42 Å². The van der Waals surface area contributed by atoms with E-state index in [0.29, 0.717) is 5.75 Å². The van der Waals surface area contributed by atoms with Crippen LogP contribution in [0.5, 0.6) is 0 Å². The number of esters is 1. The Labute approximate surface area is 134 Å². The van der Waals surface area contributed by atoms with Crippen molar-refractivity contribution in [1.29, 1.82) is 0 Å². The van der Waals surface area contributed by atoms with Crippen molar-refractivity contribution in [3.05, 3.63) is 30.3 Å². The molecule has 1 aromatic carbocycles. The molecule has 22 heavy (non-hydrogen) atoms. The number of thioether (sulfide) groups is 1. The van der Waals surface area contributed by atoms with Crippen molar-refractivity contribution in [3.63, 3.8) is 0 Å². The molecule has 0 spiro atoms. The molecule has 0 saturated carbocycles. The molecule has 0 bridgehead atoms. The van der Waals surface area contributed by atoms with Crippen molar-refractivity contribution >= 4 is 29.5 Å². The lowest BCUT2D eigenvalue weighted by Crippen LogP contribution is -2.39. The molecule has 1 rings (SSSR count). The molecule has 1 aromatic rings. The van der Waals surface area contributed by atoms with Crippen LogP contribution in [-0.2, 0) is 19.1 Å². The maximum atomic E-state index is 11.7. The summed E-state index contributed by atoms with van der Waals surface area (Å²) in [4.78, 5) is 36.6. The highest BCUT2D eigenvalue weighted by Crippen LogP contribution is 2.17. The summed E-state index contributed by atoms with van der Waals surface area (Å²) in [5.74, 6) is -0.523. The van der Waals surface area contributed by atoms with Crippen LogP contribution in [0.4, 0.5) is 0 Å². The molecule has 120 valence electrons. The second kappa shape index (κ2) is 9.83. The van der Waals surface area contributed by atoms with Gasteiger partial charge in [0.05, 0.1) is 13.0 Å². The molecule has 0 aliphatic carbocycles. The molecule has 0 radical (unpaired) electrons. The molecule has 0 aliphatic rings. The highest BCUT2D eigenvalue weighted by Gasteiger charge is 2.14. The van der Waals surface area contributed by atoms with Gasteiger partial charge < -0.3 is 15.0 Å². The van der Waals surface area contributed by atoms with Crippen molar-refractivity contribution in [2.24, 2.45) is 0 Å². The fourth-order valence-corrected chi connectivity index (χ4v) is 2.33. The summed E-state index contributed by atoms with van der Waals surface area (Å²) in [5, 5.41) is 2.42. The number of rotatable bonds is 8. The fourth-order valence-electron chi connectivity index (χ4n) is 1.48. The first-order valence-electron chi connectivity index (χ1n) is 6.81. The molecule has 1 N–H and O–H groups in total. The molecule has 0 unspecified atom stereocenters. The Kier molecular flexibility index (Phi) is 8.06. The van der Waals surface area contributed by atoms with Gasteiger partial charge in [-0.1, -0.05) is 18.2 Å². The quantitative estimate of drug-likeness (QED) is 0.568. The monoisotopic (exact) mass is 324 g/mol. The second-order valence-electron chi connectivity index (χ2n) is 4.50. The SMILES string of the molecule is CNC(=O)CN(C)C(=O)COC(=O)CCSc1ccccc1. The van der Waals surface area contributed by atoms with Crippen LogP contribution >= 0.6 is 11.8 Å². The van der Waals surface area contributed by atoms with Crippen LogP contribution < -0.4 is 5.32 Å². The summed E-state index contributed by atoms with van der Waals surface area (Å²) in [6.45, 7) is -0.404. The van der Waals surface area contributed by atoms with Gasteiger partial charge in [0.25, 0.3) is 5.91 Å². The first-order chi connectivity index (χ1) is 10.5. The largest absolute Gasteiger partial charge is 0.456 e. The van der Waals surface area contributed by atoms with Gasteiger partial charge in [-0.05, 0) is 12.1 Å². The number of nitrogens with one attached hydrogen (secondary N) is 1. The molecule has 0 fully saturated rings. The minimum atomic E-state index is -0.426. The molecule has 0 saturated heterocycles. The number of ether oxygens (including phenoxy) is 1. The number of hydrogen-bond acceptors (Lipinski definition) is 5. The standard InChI is InChI=1S/C15H20N2O4S/c1-16-13(18)10-17(2)14(19)11-21-15(20)8-9-22-12-6-4-3-5-7-12/h3-7H,8-11H2,1-2H3,(H,16,18). The van der Waals surface area contributed by atoms with Crippen LogP contribution in [0.3, 0.4) is 0 Å². The zero-order chi connectivity index (χ0) is 16.4. The fraction of sp³-hybridized carbons (Fsp3) is 0.400. The van der Waals surface area contributed by atoms with E-state index in [-0.39, 0.29) is 25.5 Å². The summed E-state index contributed by atoms with van der Waals surface area (Å²) >= 11 is 1.55. The predicted octanol–water partition coefficient (Wildman–Crippen LogP) is 0.916. The van der Waals surface area contributed by atoms with Crippen molar-refractivity contribution < 1.29 is 19.1 Å². The molecule has 0 aromatic heterocycles. The number of nitrogens with zero attached hydrogens (tertiary/aromatic N) is 1. The van der Waals surface area contributed by atoms with Crippen LogP contribution in [0.2, 0.25) is 0 Å². The topological polar surface area (TPSA) is 75.7 Å². The second-order valence-corrected chi connectivity index (χ2v) is 5.66. The van der Waals surface area contributed by atoms with Crippen molar-refractivity contribution in [1.82, 2.24) is 10.2 Å². The van der Waals surface area contributed by atoms with Gasteiger partial charge >= 0.3 is 5.97 Å². The summed E-state index contributed by atoms with van der Waals surface area (Å²) in [5.41, 5.74) is 0. The Hall–Kier alpha value is -2.02. The maximum Gasteiger partial charge on any atom is 0.307 e. The summed E-state index contributed by atoms with van der Waals surface area (Å²) < 4.78 is 4.90. The van der Waals surface area contributed by atoms with Gasteiger partial charge in [-0.3, -0.25) is 14.4 Å². The molecule has 0 heterocycles. The maximum absolute atomic E-state index is 11.7. The normalized spacial score (nSPS) is 9.91. The van der Waals surface area contributed by atoms with E-state index in [9.17, 15) is 14.4 Å². The molecule has 0 aliphatic heterocycles. The smallest absolute Gasteiger partial charge is 0.307 e. The summed E-state index contributed by atoms with van der Waals surface area (Å²) in [6.07, 6.45) is 0.228. The average molecular weight is 324 g/mol. The van der Waals surface area contributed by atoms with E-state index in [0.717, 1.165) is 4.90 Å². The molecular weight excluding hydrogens is 304 g/mol. The van der Waals surface area contributed by atoms with E-state index < -0.39 is 11.9 Å². The Morgan fingerprint density at radius 2 is 1.91 bits per heavy atom. The summed E-state index contributed by atoms with van der Waals surface area (Å²) in [7, 11) is 2.97. The predicted molar refractivity (Wildman–Crippen MR) is 84.4 cm³/mol. The molecule has 0 atom stereocenters. The number of amides is 2. The van der Waals surface area contributed by atoms with Crippen LogP contribution in [-0.4, -0.2) is 55.7 Å². The third-order valence-electron chi connectivity index (χ3n) is 2.76. The third-order valence-corrected chi connectivity index (χ3v) is 3.77. The van der Waals surface area contributed by atoms with Gasteiger partial charge in [0, 0.05) is 24.7 Å². The van der Waals surface area contributed by atoms with Gasteiger partial charge in [-0.15, -0.1) is 11.8 Å². The van der Waals surface area contributed by atoms with Gasteiger partial charge in [0.2, 0.25) is 5.91 Å². The van der Waals surface area contributed by atoms with Crippen LogP contribution in [0.15, 0.2) is 35.2 Å². The minimum Gasteiger partial charge on any atom is -0.456 e. The highest BCUT2D eigenvalue weighted by atomic mass is 32.2. The van der Waals surface area contributed by atoms with Gasteiger partial charge in [-0.2, -0.15) is 0 Å². The van der Waals surface area contributed by atoms with E-state index in [1.165, 1.54) is 19.0 Å².